The van der Waals surface area contributed by atoms with E-state index < -0.39 is 5.54 Å². The average molecular weight is 255 g/mol. The second-order valence-corrected chi connectivity index (χ2v) is 5.37. The van der Waals surface area contributed by atoms with Crippen LogP contribution in [0.5, 0.6) is 0 Å². The van der Waals surface area contributed by atoms with Crippen LogP contribution in [0, 0.1) is 0 Å². The summed E-state index contributed by atoms with van der Waals surface area (Å²) < 4.78 is 0. The van der Waals surface area contributed by atoms with Crippen molar-refractivity contribution in [3.8, 4) is 0 Å². The Balaban J connectivity index is 2.27. The summed E-state index contributed by atoms with van der Waals surface area (Å²) in [5, 5.41) is 7.00. The Kier molecular flexibility index (Phi) is 4.65. The van der Waals surface area contributed by atoms with Crippen LogP contribution < -0.4 is 16.4 Å². The Labute approximate surface area is 104 Å². The molecule has 94 valence electrons. The van der Waals surface area contributed by atoms with Crippen molar-refractivity contribution in [1.82, 2.24) is 10.6 Å². The molecule has 6 heteroatoms. The van der Waals surface area contributed by atoms with Crippen LogP contribution in [0.1, 0.15) is 23.5 Å². The molecule has 0 aliphatic heterocycles. The highest BCUT2D eigenvalue weighted by molar-refractivity contribution is 7.12. The first-order chi connectivity index (χ1) is 7.88. The van der Waals surface area contributed by atoms with Crippen LogP contribution in [0.2, 0.25) is 0 Å². The minimum atomic E-state index is -0.451. The first-order valence-electron chi connectivity index (χ1n) is 5.26. The van der Waals surface area contributed by atoms with E-state index in [9.17, 15) is 9.59 Å². The number of thiophene rings is 1. The number of carbonyl (C=O) groups is 2. The van der Waals surface area contributed by atoms with Crippen LogP contribution in [0.4, 0.5) is 0 Å². The molecule has 0 spiro atoms. The Bertz CT molecular complexity index is 382. The molecule has 0 aromatic carbocycles. The van der Waals surface area contributed by atoms with E-state index >= 15 is 0 Å². The summed E-state index contributed by atoms with van der Waals surface area (Å²) >= 11 is 1.34. The third kappa shape index (κ3) is 5.46. The fourth-order valence-electron chi connectivity index (χ4n) is 1.04. The van der Waals surface area contributed by atoms with Crippen molar-refractivity contribution in [2.45, 2.75) is 19.4 Å². The second kappa shape index (κ2) is 5.79. The number of hydrogen-bond donors (Lipinski definition) is 3. The Hall–Kier alpha value is -1.40. The topological polar surface area (TPSA) is 84.2 Å². The van der Waals surface area contributed by atoms with Gasteiger partial charge in [-0.25, -0.2) is 0 Å². The number of amides is 2. The fraction of sp³-hybridized carbons (Fsp3) is 0.455. The lowest BCUT2D eigenvalue weighted by atomic mass is 10.1. The Morgan fingerprint density at radius 3 is 2.65 bits per heavy atom. The van der Waals surface area contributed by atoms with Gasteiger partial charge >= 0.3 is 0 Å². The van der Waals surface area contributed by atoms with Crippen molar-refractivity contribution in [2.75, 3.05) is 13.1 Å². The van der Waals surface area contributed by atoms with Gasteiger partial charge in [-0.15, -0.1) is 11.3 Å². The van der Waals surface area contributed by atoms with E-state index in [-0.39, 0.29) is 18.4 Å². The van der Waals surface area contributed by atoms with Gasteiger partial charge in [0.15, 0.2) is 0 Å². The molecule has 0 aliphatic carbocycles. The van der Waals surface area contributed by atoms with Crippen LogP contribution in [-0.4, -0.2) is 30.4 Å². The van der Waals surface area contributed by atoms with E-state index in [0.29, 0.717) is 11.4 Å². The van der Waals surface area contributed by atoms with Crippen LogP contribution in [-0.2, 0) is 4.79 Å². The highest BCUT2D eigenvalue weighted by Gasteiger charge is 2.13. The largest absolute Gasteiger partial charge is 0.353 e. The van der Waals surface area contributed by atoms with Crippen LogP contribution in [0.15, 0.2) is 17.5 Å². The number of rotatable bonds is 5. The smallest absolute Gasteiger partial charge is 0.261 e. The summed E-state index contributed by atoms with van der Waals surface area (Å²) in [7, 11) is 0. The monoisotopic (exact) mass is 255 g/mol. The van der Waals surface area contributed by atoms with Crippen LogP contribution >= 0.6 is 11.3 Å². The van der Waals surface area contributed by atoms with Crippen molar-refractivity contribution in [3.05, 3.63) is 22.4 Å². The second-order valence-electron chi connectivity index (χ2n) is 4.43. The van der Waals surface area contributed by atoms with Gasteiger partial charge in [-0.1, -0.05) is 6.07 Å². The minimum absolute atomic E-state index is 0.0349. The highest BCUT2D eigenvalue weighted by Crippen LogP contribution is 2.07. The summed E-state index contributed by atoms with van der Waals surface area (Å²) in [6.45, 7) is 3.97. The molecule has 0 fully saturated rings. The maximum Gasteiger partial charge on any atom is 0.261 e. The standard InChI is InChI=1S/C11H17N3O2S/c1-11(2,12)7-14-9(15)6-13-10(16)8-4-3-5-17-8/h3-5H,6-7,12H2,1-2H3,(H,13,16)(H,14,15). The van der Waals surface area contributed by atoms with Crippen LogP contribution in [0.3, 0.4) is 0 Å². The molecule has 0 unspecified atom stereocenters. The summed E-state index contributed by atoms with van der Waals surface area (Å²) in [4.78, 5) is 23.5. The average Bonchev–Trinajstić information content (AvgIpc) is 2.75. The highest BCUT2D eigenvalue weighted by atomic mass is 32.1. The lowest BCUT2D eigenvalue weighted by Gasteiger charge is -2.18. The van der Waals surface area contributed by atoms with E-state index in [0.717, 1.165) is 0 Å². The van der Waals surface area contributed by atoms with E-state index in [2.05, 4.69) is 10.6 Å². The zero-order chi connectivity index (χ0) is 12.9. The Morgan fingerprint density at radius 1 is 1.41 bits per heavy atom. The molecule has 0 radical (unpaired) electrons. The van der Waals surface area contributed by atoms with Gasteiger partial charge in [-0.05, 0) is 25.3 Å². The summed E-state index contributed by atoms with van der Waals surface area (Å²) in [6.07, 6.45) is 0. The molecule has 0 aliphatic rings. The van der Waals surface area contributed by atoms with Gasteiger partial charge in [0, 0.05) is 12.1 Å². The molecule has 1 heterocycles. The van der Waals surface area contributed by atoms with Crippen molar-refractivity contribution in [3.63, 3.8) is 0 Å². The van der Waals surface area contributed by atoms with Gasteiger partial charge in [0.1, 0.15) is 0 Å². The zero-order valence-electron chi connectivity index (χ0n) is 9.95. The molecular formula is C11H17N3O2S. The summed E-state index contributed by atoms with van der Waals surface area (Å²) in [5.41, 5.74) is 5.27. The first-order valence-corrected chi connectivity index (χ1v) is 6.14. The maximum absolute atomic E-state index is 11.5. The third-order valence-corrected chi connectivity index (χ3v) is 2.76. The fourth-order valence-corrected chi connectivity index (χ4v) is 1.68. The van der Waals surface area contributed by atoms with Crippen molar-refractivity contribution >= 4 is 23.2 Å². The van der Waals surface area contributed by atoms with Gasteiger partial charge in [0.05, 0.1) is 11.4 Å². The number of nitrogens with two attached hydrogens (primary N) is 1. The van der Waals surface area contributed by atoms with E-state index in [1.807, 2.05) is 19.2 Å². The molecule has 2 amide bonds. The molecule has 0 bridgehead atoms. The lowest BCUT2D eigenvalue weighted by molar-refractivity contribution is -0.120. The SMILES string of the molecule is CC(C)(N)CNC(=O)CNC(=O)c1cccs1. The van der Waals surface area contributed by atoms with Gasteiger partial charge in [-0.3, -0.25) is 9.59 Å². The predicted octanol–water partition coefficient (Wildman–Crippen LogP) is 0.331. The molecule has 1 aromatic rings. The molecule has 4 N–H and O–H groups in total. The van der Waals surface area contributed by atoms with Crippen LogP contribution in [0.25, 0.3) is 0 Å². The summed E-state index contributed by atoms with van der Waals surface area (Å²) in [6, 6.07) is 3.50. The van der Waals surface area contributed by atoms with Crippen molar-refractivity contribution < 1.29 is 9.59 Å². The predicted molar refractivity (Wildman–Crippen MR) is 67.9 cm³/mol. The van der Waals surface area contributed by atoms with Gasteiger partial charge in [0.25, 0.3) is 5.91 Å². The minimum Gasteiger partial charge on any atom is -0.353 e. The quantitative estimate of drug-likeness (QED) is 0.709. The molecule has 0 atom stereocenters. The molecule has 0 saturated heterocycles. The number of hydrogen-bond acceptors (Lipinski definition) is 4. The van der Waals surface area contributed by atoms with E-state index in [4.69, 9.17) is 5.73 Å². The first kappa shape index (κ1) is 13.7. The van der Waals surface area contributed by atoms with Gasteiger partial charge in [0.2, 0.25) is 5.91 Å². The molecular weight excluding hydrogens is 238 g/mol. The summed E-state index contributed by atoms with van der Waals surface area (Å²) in [5.74, 6) is -0.476. The number of carbonyl (C=O) groups excluding carboxylic acids is 2. The normalized spacial score (nSPS) is 11.0. The van der Waals surface area contributed by atoms with Crippen molar-refractivity contribution in [2.24, 2.45) is 5.73 Å². The lowest BCUT2D eigenvalue weighted by Crippen LogP contribution is -2.47. The zero-order valence-corrected chi connectivity index (χ0v) is 10.8. The van der Waals surface area contributed by atoms with E-state index in [1.165, 1.54) is 11.3 Å². The third-order valence-electron chi connectivity index (χ3n) is 1.90. The molecule has 1 aromatic heterocycles. The molecule has 0 saturated carbocycles. The van der Waals surface area contributed by atoms with Gasteiger partial charge < -0.3 is 16.4 Å². The molecule has 1 rings (SSSR count). The van der Waals surface area contributed by atoms with Gasteiger partial charge in [-0.2, -0.15) is 0 Å². The van der Waals surface area contributed by atoms with Crippen molar-refractivity contribution in [1.29, 1.82) is 0 Å². The Morgan fingerprint density at radius 2 is 2.12 bits per heavy atom. The molecule has 17 heavy (non-hydrogen) atoms. The van der Waals surface area contributed by atoms with E-state index in [1.54, 1.807) is 12.1 Å². The molecule has 5 nitrogen and oxygen atoms in total. The maximum atomic E-state index is 11.5. The number of nitrogens with one attached hydrogen (secondary N) is 2.